The Morgan fingerprint density at radius 1 is 1.15 bits per heavy atom. The van der Waals surface area contributed by atoms with Gasteiger partial charge in [0.1, 0.15) is 0 Å². The Morgan fingerprint density at radius 2 is 1.85 bits per heavy atom. The molecular weight excluding hydrogens is 314 g/mol. The summed E-state index contributed by atoms with van der Waals surface area (Å²) in [5.74, 6) is -0.0937. The van der Waals surface area contributed by atoms with Crippen LogP contribution in [-0.4, -0.2) is 5.91 Å². The minimum absolute atomic E-state index is 0.0937. The molecule has 0 aliphatic heterocycles. The third-order valence-electron chi connectivity index (χ3n) is 3.19. The lowest BCUT2D eigenvalue weighted by molar-refractivity contribution is 0.102. The molecule has 0 heterocycles. The van der Waals surface area contributed by atoms with Crippen molar-refractivity contribution in [1.82, 2.24) is 0 Å². The summed E-state index contributed by atoms with van der Waals surface area (Å²) < 4.78 is 0.847. The van der Waals surface area contributed by atoms with Gasteiger partial charge in [-0.05, 0) is 58.6 Å². The molecule has 0 saturated heterocycles. The zero-order valence-electron chi connectivity index (χ0n) is 11.7. The number of amides is 1. The van der Waals surface area contributed by atoms with E-state index >= 15 is 0 Å². The third-order valence-corrected chi connectivity index (χ3v) is 4.24. The van der Waals surface area contributed by atoms with Gasteiger partial charge in [-0.25, -0.2) is 0 Å². The first-order valence-electron chi connectivity index (χ1n) is 6.77. The van der Waals surface area contributed by atoms with Crippen LogP contribution < -0.4 is 5.32 Å². The van der Waals surface area contributed by atoms with E-state index in [1.54, 1.807) is 0 Å². The maximum atomic E-state index is 12.3. The summed E-state index contributed by atoms with van der Waals surface area (Å²) in [4.78, 5) is 12.3. The minimum Gasteiger partial charge on any atom is -0.322 e. The summed E-state index contributed by atoms with van der Waals surface area (Å²) in [6, 6.07) is 13.7. The lowest BCUT2D eigenvalue weighted by Gasteiger charge is -2.09. The summed E-state index contributed by atoms with van der Waals surface area (Å²) in [6.45, 7) is 4.13. The zero-order valence-corrected chi connectivity index (χ0v) is 13.3. The Labute approximate surface area is 128 Å². The predicted octanol–water partition coefficient (Wildman–Crippen LogP) is 4.96. The Bertz CT molecular complexity index is 605. The van der Waals surface area contributed by atoms with Gasteiger partial charge in [-0.2, -0.15) is 0 Å². The highest BCUT2D eigenvalue weighted by molar-refractivity contribution is 9.10. The molecule has 2 rings (SSSR count). The van der Waals surface area contributed by atoms with E-state index in [0.29, 0.717) is 5.56 Å². The van der Waals surface area contributed by atoms with E-state index in [9.17, 15) is 4.79 Å². The van der Waals surface area contributed by atoms with Crippen LogP contribution in [0.25, 0.3) is 0 Å². The number of aryl methyl sites for hydroxylation is 2. The van der Waals surface area contributed by atoms with Crippen LogP contribution in [0.1, 0.15) is 34.8 Å². The number of benzene rings is 2. The molecule has 0 spiro atoms. The lowest BCUT2D eigenvalue weighted by Crippen LogP contribution is -2.12. The van der Waals surface area contributed by atoms with Crippen LogP contribution in [0.5, 0.6) is 0 Å². The molecule has 0 unspecified atom stereocenters. The summed E-state index contributed by atoms with van der Waals surface area (Å²) in [7, 11) is 0. The van der Waals surface area contributed by atoms with Crippen molar-refractivity contribution in [3.8, 4) is 0 Å². The third kappa shape index (κ3) is 3.48. The molecule has 0 aliphatic rings. The molecule has 20 heavy (non-hydrogen) atoms. The SMILES string of the molecule is CCCc1ccc(NC(=O)c2cccc(C)c2Br)cc1. The molecule has 0 saturated carbocycles. The molecule has 2 nitrogen and oxygen atoms in total. The summed E-state index contributed by atoms with van der Waals surface area (Å²) >= 11 is 3.47. The van der Waals surface area contributed by atoms with E-state index in [4.69, 9.17) is 0 Å². The Morgan fingerprint density at radius 3 is 2.50 bits per heavy atom. The molecular formula is C17H18BrNO. The molecule has 1 N–H and O–H groups in total. The zero-order chi connectivity index (χ0) is 14.5. The van der Waals surface area contributed by atoms with E-state index in [-0.39, 0.29) is 5.91 Å². The van der Waals surface area contributed by atoms with Gasteiger partial charge < -0.3 is 5.32 Å². The Balaban J connectivity index is 2.13. The average molecular weight is 332 g/mol. The second kappa shape index (κ2) is 6.71. The number of nitrogens with one attached hydrogen (secondary N) is 1. The standard InChI is InChI=1S/C17H18BrNO/c1-3-5-13-8-10-14(11-9-13)19-17(20)15-7-4-6-12(2)16(15)18/h4,6-11H,3,5H2,1-2H3,(H,19,20). The molecule has 104 valence electrons. The quantitative estimate of drug-likeness (QED) is 0.842. The Hall–Kier alpha value is -1.61. The first-order chi connectivity index (χ1) is 9.61. The molecule has 0 aromatic heterocycles. The fourth-order valence-corrected chi connectivity index (χ4v) is 2.51. The number of carbonyl (C=O) groups is 1. The molecule has 0 fully saturated rings. The van der Waals surface area contributed by atoms with Gasteiger partial charge in [0.15, 0.2) is 0 Å². The number of rotatable bonds is 4. The van der Waals surface area contributed by atoms with E-state index in [1.807, 2.05) is 37.3 Å². The van der Waals surface area contributed by atoms with Crippen molar-refractivity contribution in [2.75, 3.05) is 5.32 Å². The van der Waals surface area contributed by atoms with Crippen LogP contribution in [0.3, 0.4) is 0 Å². The van der Waals surface area contributed by atoms with Crippen molar-refractivity contribution in [3.05, 3.63) is 63.6 Å². The van der Waals surface area contributed by atoms with Crippen molar-refractivity contribution in [2.45, 2.75) is 26.7 Å². The predicted molar refractivity (Wildman–Crippen MR) is 87.3 cm³/mol. The van der Waals surface area contributed by atoms with Gasteiger partial charge in [-0.1, -0.05) is 37.6 Å². The van der Waals surface area contributed by atoms with E-state index in [2.05, 4.69) is 40.3 Å². The van der Waals surface area contributed by atoms with Crippen molar-refractivity contribution in [3.63, 3.8) is 0 Å². The fourth-order valence-electron chi connectivity index (χ4n) is 2.06. The van der Waals surface area contributed by atoms with E-state index < -0.39 is 0 Å². The number of hydrogen-bond donors (Lipinski definition) is 1. The number of hydrogen-bond acceptors (Lipinski definition) is 1. The van der Waals surface area contributed by atoms with Gasteiger partial charge in [0.25, 0.3) is 5.91 Å². The molecule has 1 amide bonds. The fraction of sp³-hybridized carbons (Fsp3) is 0.235. The maximum absolute atomic E-state index is 12.3. The second-order valence-corrected chi connectivity index (χ2v) is 5.63. The molecule has 3 heteroatoms. The molecule has 0 aliphatic carbocycles. The van der Waals surface area contributed by atoms with Crippen molar-refractivity contribution in [1.29, 1.82) is 0 Å². The summed E-state index contributed by atoms with van der Waals surface area (Å²) in [5, 5.41) is 2.93. The molecule has 0 atom stereocenters. The lowest BCUT2D eigenvalue weighted by atomic mass is 10.1. The van der Waals surface area contributed by atoms with Crippen LogP contribution >= 0.6 is 15.9 Å². The van der Waals surface area contributed by atoms with Gasteiger partial charge in [-0.3, -0.25) is 4.79 Å². The van der Waals surface area contributed by atoms with Gasteiger partial charge in [0.05, 0.1) is 5.56 Å². The van der Waals surface area contributed by atoms with Crippen LogP contribution in [0.2, 0.25) is 0 Å². The highest BCUT2D eigenvalue weighted by Gasteiger charge is 2.11. The number of carbonyl (C=O) groups excluding carboxylic acids is 1. The highest BCUT2D eigenvalue weighted by atomic mass is 79.9. The molecule has 2 aromatic rings. The topological polar surface area (TPSA) is 29.1 Å². The second-order valence-electron chi connectivity index (χ2n) is 4.84. The first kappa shape index (κ1) is 14.8. The van der Waals surface area contributed by atoms with Crippen LogP contribution in [0.15, 0.2) is 46.9 Å². The molecule has 0 radical (unpaired) electrons. The van der Waals surface area contributed by atoms with Crippen LogP contribution in [0.4, 0.5) is 5.69 Å². The number of anilines is 1. The van der Waals surface area contributed by atoms with E-state index in [1.165, 1.54) is 5.56 Å². The summed E-state index contributed by atoms with van der Waals surface area (Å²) in [6.07, 6.45) is 2.19. The van der Waals surface area contributed by atoms with Gasteiger partial charge in [-0.15, -0.1) is 0 Å². The molecule has 2 aromatic carbocycles. The van der Waals surface area contributed by atoms with Crippen LogP contribution in [-0.2, 0) is 6.42 Å². The van der Waals surface area contributed by atoms with Gasteiger partial charge in [0.2, 0.25) is 0 Å². The van der Waals surface area contributed by atoms with E-state index in [0.717, 1.165) is 28.6 Å². The average Bonchev–Trinajstić information content (AvgIpc) is 2.44. The first-order valence-corrected chi connectivity index (χ1v) is 7.56. The van der Waals surface area contributed by atoms with Crippen molar-refractivity contribution >= 4 is 27.5 Å². The van der Waals surface area contributed by atoms with Crippen LogP contribution in [0, 0.1) is 6.92 Å². The monoisotopic (exact) mass is 331 g/mol. The summed E-state index contributed by atoms with van der Waals surface area (Å²) in [5.41, 5.74) is 3.82. The Kier molecular flexibility index (Phi) is 4.96. The normalized spacial score (nSPS) is 10.3. The van der Waals surface area contributed by atoms with Crippen molar-refractivity contribution < 1.29 is 4.79 Å². The van der Waals surface area contributed by atoms with Crippen molar-refractivity contribution in [2.24, 2.45) is 0 Å². The number of halogens is 1. The largest absolute Gasteiger partial charge is 0.322 e. The molecule has 0 bridgehead atoms. The minimum atomic E-state index is -0.0937. The highest BCUT2D eigenvalue weighted by Crippen LogP contribution is 2.22. The maximum Gasteiger partial charge on any atom is 0.256 e. The van der Waals surface area contributed by atoms with Gasteiger partial charge in [0, 0.05) is 10.2 Å². The smallest absolute Gasteiger partial charge is 0.256 e. The van der Waals surface area contributed by atoms with Gasteiger partial charge >= 0.3 is 0 Å².